The molecular weight excluding hydrogens is 369 g/mol. The number of halogens is 3. The van der Waals surface area contributed by atoms with E-state index in [1.807, 2.05) is 62.4 Å². The van der Waals surface area contributed by atoms with Crippen molar-refractivity contribution in [1.29, 1.82) is 0 Å². The number of anilines is 1. The number of para-hydroxylation sites is 1. The highest BCUT2D eigenvalue weighted by atomic mass is 19.4. The minimum absolute atomic E-state index is 0.177. The van der Waals surface area contributed by atoms with Gasteiger partial charge in [-0.05, 0) is 36.6 Å². The van der Waals surface area contributed by atoms with Crippen molar-refractivity contribution in [3.8, 4) is 0 Å². The largest absolute Gasteiger partial charge is 0.405 e. The molecule has 2 rings (SSSR count). The molecular formula is C21H23F3N2O2. The molecule has 0 aliphatic rings. The van der Waals surface area contributed by atoms with Gasteiger partial charge in [-0.25, -0.2) is 0 Å². The Morgan fingerprint density at radius 1 is 0.929 bits per heavy atom. The SMILES string of the molecule is Cc1ccccc1CN(C(=O)CCC(=O)NCC(F)(F)F)c1ccccc1C. The molecule has 0 fully saturated rings. The number of aryl methyl sites for hydroxylation is 2. The van der Waals surface area contributed by atoms with Gasteiger partial charge in [-0.2, -0.15) is 13.2 Å². The van der Waals surface area contributed by atoms with E-state index in [2.05, 4.69) is 0 Å². The summed E-state index contributed by atoms with van der Waals surface area (Å²) in [6.45, 7) is 2.75. The molecule has 0 aromatic heterocycles. The third kappa shape index (κ3) is 6.40. The summed E-state index contributed by atoms with van der Waals surface area (Å²) < 4.78 is 36.6. The van der Waals surface area contributed by atoms with Gasteiger partial charge < -0.3 is 10.2 Å². The fourth-order valence-corrected chi connectivity index (χ4v) is 2.77. The van der Waals surface area contributed by atoms with Crippen LogP contribution in [-0.4, -0.2) is 24.5 Å². The second kappa shape index (κ2) is 9.39. The number of benzene rings is 2. The lowest BCUT2D eigenvalue weighted by atomic mass is 10.1. The van der Waals surface area contributed by atoms with Crippen molar-refractivity contribution in [2.75, 3.05) is 11.4 Å². The molecule has 2 aromatic carbocycles. The fourth-order valence-electron chi connectivity index (χ4n) is 2.77. The molecule has 0 saturated carbocycles. The number of nitrogens with one attached hydrogen (secondary N) is 1. The van der Waals surface area contributed by atoms with Gasteiger partial charge in [0, 0.05) is 18.5 Å². The number of carbonyl (C=O) groups excluding carboxylic acids is 2. The van der Waals surface area contributed by atoms with E-state index in [9.17, 15) is 22.8 Å². The molecule has 0 radical (unpaired) electrons. The minimum Gasteiger partial charge on any atom is -0.347 e. The Hall–Kier alpha value is -2.83. The first-order chi connectivity index (χ1) is 13.2. The monoisotopic (exact) mass is 392 g/mol. The maximum absolute atomic E-state index is 12.8. The third-order valence-electron chi connectivity index (χ3n) is 4.35. The number of amides is 2. The Kier molecular flexibility index (Phi) is 7.20. The topological polar surface area (TPSA) is 49.4 Å². The van der Waals surface area contributed by atoms with Gasteiger partial charge >= 0.3 is 6.18 Å². The highest BCUT2D eigenvalue weighted by Gasteiger charge is 2.28. The van der Waals surface area contributed by atoms with Gasteiger partial charge in [0.1, 0.15) is 6.54 Å². The van der Waals surface area contributed by atoms with Crippen molar-refractivity contribution >= 4 is 17.5 Å². The highest BCUT2D eigenvalue weighted by Crippen LogP contribution is 2.24. The number of hydrogen-bond donors (Lipinski definition) is 1. The van der Waals surface area contributed by atoms with Crippen molar-refractivity contribution in [2.24, 2.45) is 0 Å². The van der Waals surface area contributed by atoms with Crippen LogP contribution in [-0.2, 0) is 16.1 Å². The first kappa shape index (κ1) is 21.5. The standard InChI is InChI=1S/C21H23F3N2O2/c1-15-7-3-5-9-17(15)13-26(18-10-6-4-8-16(18)2)20(28)12-11-19(27)25-14-21(22,23)24/h3-10H,11-14H2,1-2H3,(H,25,27). The summed E-state index contributed by atoms with van der Waals surface area (Å²) in [4.78, 5) is 26.1. The molecule has 7 heteroatoms. The lowest BCUT2D eigenvalue weighted by molar-refractivity contribution is -0.138. The van der Waals surface area contributed by atoms with Gasteiger partial charge in [0.05, 0.1) is 6.54 Å². The summed E-state index contributed by atoms with van der Waals surface area (Å²) in [6, 6.07) is 15.0. The maximum Gasteiger partial charge on any atom is 0.405 e. The van der Waals surface area contributed by atoms with Gasteiger partial charge in [-0.1, -0.05) is 42.5 Å². The van der Waals surface area contributed by atoms with Gasteiger partial charge in [0.15, 0.2) is 0 Å². The number of carbonyl (C=O) groups is 2. The average Bonchev–Trinajstić information content (AvgIpc) is 2.64. The summed E-state index contributed by atoms with van der Waals surface area (Å²) in [5.41, 5.74) is 3.59. The van der Waals surface area contributed by atoms with Crippen molar-refractivity contribution in [3.63, 3.8) is 0 Å². The van der Waals surface area contributed by atoms with Gasteiger partial charge in [-0.15, -0.1) is 0 Å². The summed E-state index contributed by atoms with van der Waals surface area (Å²) in [7, 11) is 0. The predicted molar refractivity (Wildman–Crippen MR) is 102 cm³/mol. The number of hydrogen-bond acceptors (Lipinski definition) is 2. The quantitative estimate of drug-likeness (QED) is 0.764. The van der Waals surface area contributed by atoms with E-state index in [0.29, 0.717) is 12.2 Å². The van der Waals surface area contributed by atoms with Gasteiger partial charge in [-0.3, -0.25) is 9.59 Å². The summed E-state index contributed by atoms with van der Waals surface area (Å²) in [6.07, 6.45) is -4.95. The Balaban J connectivity index is 2.13. The number of alkyl halides is 3. The number of rotatable bonds is 7. The van der Waals surface area contributed by atoms with E-state index in [1.165, 1.54) is 0 Å². The highest BCUT2D eigenvalue weighted by molar-refractivity contribution is 5.96. The molecule has 28 heavy (non-hydrogen) atoms. The van der Waals surface area contributed by atoms with Gasteiger partial charge in [0.25, 0.3) is 0 Å². The predicted octanol–water partition coefficient (Wildman–Crippen LogP) is 4.30. The van der Waals surface area contributed by atoms with Crippen molar-refractivity contribution in [2.45, 2.75) is 39.4 Å². The molecule has 0 spiro atoms. The van der Waals surface area contributed by atoms with E-state index >= 15 is 0 Å². The lowest BCUT2D eigenvalue weighted by Gasteiger charge is -2.25. The van der Waals surface area contributed by atoms with Crippen LogP contribution in [0.5, 0.6) is 0 Å². The van der Waals surface area contributed by atoms with E-state index < -0.39 is 18.6 Å². The molecule has 4 nitrogen and oxygen atoms in total. The Labute approximate surface area is 162 Å². The van der Waals surface area contributed by atoms with E-state index in [-0.39, 0.29) is 18.7 Å². The maximum atomic E-state index is 12.8. The molecule has 0 unspecified atom stereocenters. The van der Waals surface area contributed by atoms with Crippen LogP contribution in [0.1, 0.15) is 29.5 Å². The average molecular weight is 392 g/mol. The van der Waals surface area contributed by atoms with Crippen LogP contribution >= 0.6 is 0 Å². The van der Waals surface area contributed by atoms with Crippen LogP contribution < -0.4 is 10.2 Å². The van der Waals surface area contributed by atoms with E-state index in [4.69, 9.17) is 0 Å². The Morgan fingerprint density at radius 3 is 2.14 bits per heavy atom. The van der Waals surface area contributed by atoms with Crippen LogP contribution in [0, 0.1) is 13.8 Å². The molecule has 2 aromatic rings. The zero-order valence-corrected chi connectivity index (χ0v) is 15.8. The van der Waals surface area contributed by atoms with Crippen LogP contribution in [0.4, 0.5) is 18.9 Å². The first-order valence-electron chi connectivity index (χ1n) is 8.91. The molecule has 0 heterocycles. The second-order valence-electron chi connectivity index (χ2n) is 6.58. The van der Waals surface area contributed by atoms with E-state index in [1.54, 1.807) is 10.2 Å². The molecule has 0 atom stereocenters. The Bertz CT molecular complexity index is 834. The summed E-state index contributed by atoms with van der Waals surface area (Å²) in [5.74, 6) is -1.12. The fraction of sp³-hybridized carbons (Fsp3) is 0.333. The van der Waals surface area contributed by atoms with Crippen LogP contribution in [0.3, 0.4) is 0 Å². The van der Waals surface area contributed by atoms with Crippen LogP contribution in [0.15, 0.2) is 48.5 Å². The summed E-state index contributed by atoms with van der Waals surface area (Å²) >= 11 is 0. The molecule has 0 aliphatic heterocycles. The molecule has 1 N–H and O–H groups in total. The molecule has 0 saturated heterocycles. The number of nitrogens with zero attached hydrogens (tertiary/aromatic N) is 1. The Morgan fingerprint density at radius 2 is 1.54 bits per heavy atom. The van der Waals surface area contributed by atoms with Crippen LogP contribution in [0.25, 0.3) is 0 Å². The zero-order valence-electron chi connectivity index (χ0n) is 15.8. The van der Waals surface area contributed by atoms with Crippen molar-refractivity contribution < 1.29 is 22.8 Å². The van der Waals surface area contributed by atoms with Crippen LogP contribution in [0.2, 0.25) is 0 Å². The minimum atomic E-state index is -4.47. The molecule has 0 aliphatic carbocycles. The van der Waals surface area contributed by atoms with Crippen molar-refractivity contribution in [3.05, 3.63) is 65.2 Å². The summed E-state index contributed by atoms with van der Waals surface area (Å²) in [5, 5.41) is 1.79. The first-order valence-corrected chi connectivity index (χ1v) is 8.91. The molecule has 2 amide bonds. The third-order valence-corrected chi connectivity index (χ3v) is 4.35. The van der Waals surface area contributed by atoms with Gasteiger partial charge in [0.2, 0.25) is 11.8 Å². The lowest BCUT2D eigenvalue weighted by Crippen LogP contribution is -2.35. The zero-order chi connectivity index (χ0) is 20.7. The van der Waals surface area contributed by atoms with E-state index in [0.717, 1.165) is 16.7 Å². The van der Waals surface area contributed by atoms with Crippen molar-refractivity contribution in [1.82, 2.24) is 5.32 Å². The normalized spacial score (nSPS) is 11.2. The second-order valence-corrected chi connectivity index (χ2v) is 6.58. The molecule has 0 bridgehead atoms. The smallest absolute Gasteiger partial charge is 0.347 e. The molecule has 150 valence electrons.